The van der Waals surface area contributed by atoms with Crippen molar-refractivity contribution in [1.82, 2.24) is 20.4 Å². The quantitative estimate of drug-likeness (QED) is 0.905. The Labute approximate surface area is 148 Å². The van der Waals surface area contributed by atoms with E-state index < -0.39 is 0 Å². The van der Waals surface area contributed by atoms with E-state index in [0.717, 1.165) is 37.9 Å². The fourth-order valence-corrected chi connectivity index (χ4v) is 3.20. The van der Waals surface area contributed by atoms with E-state index in [1.54, 1.807) is 0 Å². The zero-order chi connectivity index (χ0) is 17.8. The van der Waals surface area contributed by atoms with Gasteiger partial charge in [-0.25, -0.2) is 0 Å². The standard InChI is InChI=1S/C18H28N4O3/c1-12(2)16-20-17(25-21-16)13-4-3-10-22(18(24)14-5-6-14)11-8-15(23)19-9-7-13/h12-14H,3-11H2,1-2H3,(H,19,23). The lowest BCUT2D eigenvalue weighted by molar-refractivity contribution is -0.133. The van der Waals surface area contributed by atoms with Gasteiger partial charge in [0.1, 0.15) is 0 Å². The molecule has 0 spiro atoms. The topological polar surface area (TPSA) is 88.3 Å². The first-order valence-corrected chi connectivity index (χ1v) is 9.43. The summed E-state index contributed by atoms with van der Waals surface area (Å²) in [7, 11) is 0. The first kappa shape index (κ1) is 17.9. The molecule has 7 heteroatoms. The number of amides is 2. The Morgan fingerprint density at radius 2 is 2.04 bits per heavy atom. The highest BCUT2D eigenvalue weighted by atomic mass is 16.5. The Bertz CT molecular complexity index is 609. The van der Waals surface area contributed by atoms with E-state index in [9.17, 15) is 9.59 Å². The number of nitrogens with zero attached hydrogens (tertiary/aromatic N) is 3. The van der Waals surface area contributed by atoms with Gasteiger partial charge in [0, 0.05) is 43.8 Å². The van der Waals surface area contributed by atoms with Crippen molar-refractivity contribution in [1.29, 1.82) is 0 Å². The first-order chi connectivity index (χ1) is 12.0. The van der Waals surface area contributed by atoms with Crippen molar-refractivity contribution < 1.29 is 14.1 Å². The molecule has 138 valence electrons. The summed E-state index contributed by atoms with van der Waals surface area (Å²) in [6, 6.07) is 0. The molecule has 1 aliphatic carbocycles. The number of carbonyl (C=O) groups is 2. The van der Waals surface area contributed by atoms with Crippen LogP contribution in [-0.4, -0.2) is 46.5 Å². The maximum Gasteiger partial charge on any atom is 0.229 e. The molecule has 3 rings (SSSR count). The smallest absolute Gasteiger partial charge is 0.229 e. The van der Waals surface area contributed by atoms with Gasteiger partial charge in [0.25, 0.3) is 0 Å². The van der Waals surface area contributed by atoms with Crippen LogP contribution in [0.15, 0.2) is 4.52 Å². The fourth-order valence-electron chi connectivity index (χ4n) is 3.20. The van der Waals surface area contributed by atoms with Crippen molar-refractivity contribution in [2.24, 2.45) is 5.92 Å². The maximum atomic E-state index is 12.4. The molecule has 7 nitrogen and oxygen atoms in total. The predicted octanol–water partition coefficient (Wildman–Crippen LogP) is 2.21. The predicted molar refractivity (Wildman–Crippen MR) is 91.9 cm³/mol. The molecular formula is C18H28N4O3. The van der Waals surface area contributed by atoms with Crippen LogP contribution in [-0.2, 0) is 9.59 Å². The average Bonchev–Trinajstić information content (AvgIpc) is 3.32. The lowest BCUT2D eigenvalue weighted by Gasteiger charge is -2.22. The number of carbonyl (C=O) groups excluding carboxylic acids is 2. The van der Waals surface area contributed by atoms with Gasteiger partial charge < -0.3 is 14.7 Å². The highest BCUT2D eigenvalue weighted by Crippen LogP contribution is 2.32. The largest absolute Gasteiger partial charge is 0.356 e. The van der Waals surface area contributed by atoms with Gasteiger partial charge in [0.05, 0.1) is 0 Å². The van der Waals surface area contributed by atoms with E-state index in [-0.39, 0.29) is 29.6 Å². The molecular weight excluding hydrogens is 320 g/mol. The summed E-state index contributed by atoms with van der Waals surface area (Å²) in [4.78, 5) is 30.8. The van der Waals surface area contributed by atoms with Crippen LogP contribution in [0, 0.1) is 5.92 Å². The van der Waals surface area contributed by atoms with Crippen LogP contribution in [0.2, 0.25) is 0 Å². The molecule has 0 aromatic carbocycles. The van der Waals surface area contributed by atoms with Crippen molar-refractivity contribution in [3.63, 3.8) is 0 Å². The number of hydrogen-bond donors (Lipinski definition) is 1. The summed E-state index contributed by atoms with van der Waals surface area (Å²) < 4.78 is 5.46. The lowest BCUT2D eigenvalue weighted by Crippen LogP contribution is -2.36. The second-order valence-electron chi connectivity index (χ2n) is 7.47. The Morgan fingerprint density at radius 1 is 1.24 bits per heavy atom. The van der Waals surface area contributed by atoms with Crippen LogP contribution < -0.4 is 5.32 Å². The molecule has 0 radical (unpaired) electrons. The van der Waals surface area contributed by atoms with Crippen LogP contribution in [0.3, 0.4) is 0 Å². The Morgan fingerprint density at radius 3 is 2.72 bits per heavy atom. The third-order valence-electron chi connectivity index (χ3n) is 4.97. The van der Waals surface area contributed by atoms with Crippen molar-refractivity contribution in [2.45, 2.75) is 64.2 Å². The molecule has 1 aliphatic heterocycles. The third kappa shape index (κ3) is 4.80. The van der Waals surface area contributed by atoms with Crippen LogP contribution in [0.1, 0.15) is 75.9 Å². The van der Waals surface area contributed by atoms with Gasteiger partial charge in [0.2, 0.25) is 17.7 Å². The summed E-state index contributed by atoms with van der Waals surface area (Å²) in [5.74, 6) is 2.12. The summed E-state index contributed by atoms with van der Waals surface area (Å²) in [5.41, 5.74) is 0. The molecule has 1 N–H and O–H groups in total. The minimum absolute atomic E-state index is 0.00245. The fraction of sp³-hybridized carbons (Fsp3) is 0.778. The van der Waals surface area contributed by atoms with Gasteiger partial charge >= 0.3 is 0 Å². The average molecular weight is 348 g/mol. The zero-order valence-corrected chi connectivity index (χ0v) is 15.2. The number of aromatic nitrogens is 2. The van der Waals surface area contributed by atoms with E-state index in [1.165, 1.54) is 0 Å². The Kier molecular flexibility index (Phi) is 5.71. The van der Waals surface area contributed by atoms with Crippen LogP contribution in [0.4, 0.5) is 0 Å². The summed E-state index contributed by atoms with van der Waals surface area (Å²) in [6.45, 7) is 5.88. The van der Waals surface area contributed by atoms with Crippen LogP contribution in [0.5, 0.6) is 0 Å². The van der Waals surface area contributed by atoms with Crippen LogP contribution >= 0.6 is 0 Å². The third-order valence-corrected chi connectivity index (χ3v) is 4.97. The van der Waals surface area contributed by atoms with Gasteiger partial charge in [0.15, 0.2) is 5.82 Å². The van der Waals surface area contributed by atoms with E-state index in [2.05, 4.69) is 15.5 Å². The minimum Gasteiger partial charge on any atom is -0.356 e. The van der Waals surface area contributed by atoms with Crippen molar-refractivity contribution >= 4 is 11.8 Å². The molecule has 1 aromatic heterocycles. The molecule has 1 unspecified atom stereocenters. The van der Waals surface area contributed by atoms with Crippen molar-refractivity contribution in [2.75, 3.05) is 19.6 Å². The molecule has 1 saturated heterocycles. The number of rotatable bonds is 3. The van der Waals surface area contributed by atoms with Gasteiger partial charge in [-0.05, 0) is 32.1 Å². The van der Waals surface area contributed by atoms with Crippen molar-refractivity contribution in [3.8, 4) is 0 Å². The lowest BCUT2D eigenvalue weighted by atomic mass is 9.99. The molecule has 2 fully saturated rings. The molecule has 2 heterocycles. The van der Waals surface area contributed by atoms with Gasteiger partial charge in [-0.2, -0.15) is 4.98 Å². The highest BCUT2D eigenvalue weighted by Gasteiger charge is 2.33. The molecule has 2 aliphatic rings. The molecule has 0 bridgehead atoms. The maximum absolute atomic E-state index is 12.4. The molecule has 1 aromatic rings. The number of nitrogens with one attached hydrogen (secondary N) is 1. The van der Waals surface area contributed by atoms with Crippen molar-refractivity contribution in [3.05, 3.63) is 11.7 Å². The Balaban J connectivity index is 1.66. The molecule has 1 saturated carbocycles. The van der Waals surface area contributed by atoms with Crippen LogP contribution in [0.25, 0.3) is 0 Å². The van der Waals surface area contributed by atoms with E-state index >= 15 is 0 Å². The summed E-state index contributed by atoms with van der Waals surface area (Å²) in [5, 5.41) is 7.00. The first-order valence-electron chi connectivity index (χ1n) is 9.43. The van der Waals surface area contributed by atoms with E-state index in [4.69, 9.17) is 4.52 Å². The minimum atomic E-state index is 0.00245. The zero-order valence-electron chi connectivity index (χ0n) is 15.2. The van der Waals surface area contributed by atoms with Gasteiger partial charge in [-0.15, -0.1) is 0 Å². The monoisotopic (exact) mass is 348 g/mol. The molecule has 2 amide bonds. The Hall–Kier alpha value is -1.92. The second kappa shape index (κ2) is 7.97. The molecule has 1 atom stereocenters. The SMILES string of the molecule is CC(C)c1noc(C2CCCN(C(=O)C3CC3)CCC(=O)NCC2)n1. The van der Waals surface area contributed by atoms with Gasteiger partial charge in [-0.1, -0.05) is 19.0 Å². The normalized spacial score (nSPS) is 23.2. The second-order valence-corrected chi connectivity index (χ2v) is 7.47. The number of hydrogen-bond acceptors (Lipinski definition) is 5. The van der Waals surface area contributed by atoms with E-state index in [0.29, 0.717) is 31.9 Å². The summed E-state index contributed by atoms with van der Waals surface area (Å²) >= 11 is 0. The van der Waals surface area contributed by atoms with E-state index in [1.807, 2.05) is 18.7 Å². The summed E-state index contributed by atoms with van der Waals surface area (Å²) in [6.07, 6.45) is 4.90. The van der Waals surface area contributed by atoms with Gasteiger partial charge in [-0.3, -0.25) is 9.59 Å². The highest BCUT2D eigenvalue weighted by molar-refractivity contribution is 5.82. The molecule has 25 heavy (non-hydrogen) atoms.